The van der Waals surface area contributed by atoms with Crippen LogP contribution in [-0.4, -0.2) is 156 Å². The number of ether oxygens (including phenoxy) is 3. The molecule has 6 aliphatic carbocycles. The van der Waals surface area contributed by atoms with Crippen molar-refractivity contribution in [3.05, 3.63) is 143 Å². The summed E-state index contributed by atoms with van der Waals surface area (Å²) in [6, 6.07) is 25.0. The number of hydrogen-bond acceptors (Lipinski definition) is 15. The Labute approximate surface area is 668 Å². The summed E-state index contributed by atoms with van der Waals surface area (Å²) >= 11 is 0. The minimum atomic E-state index is -1.06. The molecule has 4 aliphatic heterocycles. The molecule has 606 valence electrons. The van der Waals surface area contributed by atoms with Crippen LogP contribution in [0.1, 0.15) is 240 Å². The second-order valence-electron chi connectivity index (χ2n) is 34.7. The predicted molar refractivity (Wildman–Crippen MR) is 438 cm³/mol. The first-order chi connectivity index (χ1) is 54.8. The third-order valence-corrected chi connectivity index (χ3v) is 25.4. The van der Waals surface area contributed by atoms with E-state index in [1.807, 2.05) is 56.1 Å². The number of carboxylic acid groups (broad SMARTS) is 1. The Hall–Kier alpha value is -10.1. The molecule has 25 nitrogen and oxygen atoms in total. The van der Waals surface area contributed by atoms with E-state index in [0.29, 0.717) is 60.7 Å². The molecule has 8 aromatic rings. The quantitative estimate of drug-likeness (QED) is 0.0336. The Morgan fingerprint density at radius 2 is 0.693 bits per heavy atom. The summed E-state index contributed by atoms with van der Waals surface area (Å²) in [4.78, 5) is 111. The summed E-state index contributed by atoms with van der Waals surface area (Å²) in [7, 11) is 3.80. The van der Waals surface area contributed by atoms with Gasteiger partial charge in [-0.05, 0) is 211 Å². The van der Waals surface area contributed by atoms with Gasteiger partial charge in [-0.2, -0.15) is 0 Å². The molecule has 18 rings (SSSR count). The van der Waals surface area contributed by atoms with Gasteiger partial charge in [-0.25, -0.2) is 39.1 Å². The van der Waals surface area contributed by atoms with Crippen LogP contribution in [0.2, 0.25) is 0 Å². The highest BCUT2D eigenvalue weighted by atomic mass is 16.5. The highest BCUT2D eigenvalue weighted by Gasteiger charge is 2.44. The van der Waals surface area contributed by atoms with Gasteiger partial charge in [-0.3, -0.25) is 9.59 Å². The number of hydrogen-bond donors (Lipinski definition) is 10. The number of carbonyl (C=O) groups is 6. The number of benzene rings is 4. The number of aromatic nitrogens is 8. The molecule has 4 bridgehead atoms. The van der Waals surface area contributed by atoms with Gasteiger partial charge >= 0.3 is 24.2 Å². The normalized spacial score (nSPS) is 24.6. The van der Waals surface area contributed by atoms with Gasteiger partial charge in [-0.1, -0.05) is 142 Å². The molecule has 4 aromatic heterocycles. The summed E-state index contributed by atoms with van der Waals surface area (Å²) in [6.45, 7) is 23.3. The lowest BCUT2D eigenvalue weighted by Crippen LogP contribution is -2.51. The molecule has 4 saturated heterocycles. The standard InChI is InChI=1S/C48H62N8O6.C34H40N6.C7H13NO4/c1-25(2)41(53-47(59)61-7)45(57)55-23-27(5)19-37(55)43-49-21-35(51-43)30-11-9-29(10-12-30)33-17-18-34(40-32-15-13-31(14-16-32)39(33)40)36-22-50-44(52-36)38-20-28(6)24-56(38)46(58)42(26(3)4)54-48(60)62-8;1-19-13-27(35-15-19)33-37-17-29(39-33)22-5-3-21(4-6-22)25-11-12-26(32-24-9-7-23(8-10-24)31(25)32)30-18-38-34(40-30)28-14-20(2)16-36-28;1-4(2)5(6(9)10)8-7(11)12-3/h9-12,17-18,21-22,25-28,31-32,37-38,41-42H,13-16,19-20,23-24H2,1-8H3,(H,49,51)(H,50,52)(H,53,59)(H,54,60);3-6,11-12,17-20,23-24,27-28,35-36H,7-10,13-16H2,1-2H3,(H,37,39)(H,38,40);4-5H,1-3H3,(H,8,11)(H,9,10)/t27-,28-,31?,32?,37+,38+,41+,42+;19-,20-,23?,24?,27+,28+;5-/m110/s1. The van der Waals surface area contributed by atoms with Crippen LogP contribution in [-0.2, 0) is 28.6 Å². The lowest BCUT2D eigenvalue weighted by atomic mass is 9.64. The number of rotatable bonds is 19. The zero-order chi connectivity index (χ0) is 80.5. The number of H-pyrrole nitrogens is 4. The van der Waals surface area contributed by atoms with Crippen LogP contribution in [0.25, 0.3) is 67.3 Å². The average Bonchev–Trinajstić information content (AvgIpc) is 0.746. The first kappa shape index (κ1) is 80.5. The highest BCUT2D eigenvalue weighted by molar-refractivity contribution is 5.88. The minimum absolute atomic E-state index is 0.112. The van der Waals surface area contributed by atoms with Crippen LogP contribution in [0, 0.1) is 41.4 Å². The fraction of sp³-hybridized carbons (Fsp3) is 0.528. The number of imidazole rings is 4. The van der Waals surface area contributed by atoms with Gasteiger partial charge in [0, 0.05) is 24.2 Å². The maximum atomic E-state index is 14.0. The Morgan fingerprint density at radius 1 is 0.395 bits per heavy atom. The lowest BCUT2D eigenvalue weighted by Gasteiger charge is -2.41. The molecule has 4 aromatic carbocycles. The monoisotopic (exact) mass is 1550 g/mol. The van der Waals surface area contributed by atoms with Gasteiger partial charge in [0.15, 0.2) is 0 Å². The molecule has 114 heavy (non-hydrogen) atoms. The Kier molecular flexibility index (Phi) is 24.4. The Balaban J connectivity index is 0.000000175. The number of fused-ring (bicyclic) bond motifs is 4. The molecule has 8 heterocycles. The number of nitrogens with one attached hydrogen (secondary N) is 9. The van der Waals surface area contributed by atoms with Crippen LogP contribution in [0.15, 0.2) is 97.6 Å². The molecule has 2 saturated carbocycles. The fourth-order valence-electron chi connectivity index (χ4n) is 19.4. The van der Waals surface area contributed by atoms with E-state index in [9.17, 15) is 28.8 Å². The number of likely N-dealkylation sites (tertiary alicyclic amines) is 2. The lowest BCUT2D eigenvalue weighted by molar-refractivity contribution is -0.140. The number of aliphatic carboxylic acids is 1. The van der Waals surface area contributed by atoms with Gasteiger partial charge in [0.1, 0.15) is 41.4 Å². The van der Waals surface area contributed by atoms with E-state index in [-0.39, 0.29) is 53.5 Å². The predicted octanol–water partition coefficient (Wildman–Crippen LogP) is 16.1. The number of amides is 5. The van der Waals surface area contributed by atoms with Gasteiger partial charge in [0.25, 0.3) is 0 Å². The van der Waals surface area contributed by atoms with Crippen molar-refractivity contribution in [2.75, 3.05) is 47.5 Å². The zero-order valence-electron chi connectivity index (χ0n) is 68.2. The summed E-state index contributed by atoms with van der Waals surface area (Å²) in [5, 5.41) is 23.5. The van der Waals surface area contributed by atoms with Gasteiger partial charge in [-0.15, -0.1) is 0 Å². The molecule has 10 aliphatic rings. The molecular formula is C89H115N15O10. The Morgan fingerprint density at radius 3 is 1.03 bits per heavy atom. The van der Waals surface area contributed by atoms with Gasteiger partial charge in [0.2, 0.25) is 11.8 Å². The topological polar surface area (TPSA) is 332 Å². The van der Waals surface area contributed by atoms with Crippen molar-refractivity contribution in [3.63, 3.8) is 0 Å². The molecule has 6 fully saturated rings. The first-order valence-corrected chi connectivity index (χ1v) is 41.4. The van der Waals surface area contributed by atoms with E-state index in [1.54, 1.807) is 25.0 Å². The van der Waals surface area contributed by atoms with Crippen LogP contribution in [0.4, 0.5) is 14.4 Å². The molecule has 5 amide bonds. The number of aromatic amines is 4. The van der Waals surface area contributed by atoms with E-state index >= 15 is 0 Å². The highest BCUT2D eigenvalue weighted by Crippen LogP contribution is 2.57. The van der Waals surface area contributed by atoms with Crippen LogP contribution in [0.5, 0.6) is 0 Å². The van der Waals surface area contributed by atoms with Crippen molar-refractivity contribution in [3.8, 4) is 67.3 Å². The summed E-state index contributed by atoms with van der Waals surface area (Å²) < 4.78 is 13.9. The van der Waals surface area contributed by atoms with Crippen molar-refractivity contribution >= 4 is 36.1 Å². The summed E-state index contributed by atoms with van der Waals surface area (Å²) in [5.74, 6) is 6.19. The van der Waals surface area contributed by atoms with Crippen molar-refractivity contribution in [1.82, 2.24) is 76.3 Å². The largest absolute Gasteiger partial charge is 0.480 e. The number of methoxy groups -OCH3 is 3. The molecule has 0 unspecified atom stereocenters. The summed E-state index contributed by atoms with van der Waals surface area (Å²) in [6.07, 6.45) is 19.7. The smallest absolute Gasteiger partial charge is 0.407 e. The summed E-state index contributed by atoms with van der Waals surface area (Å²) in [5.41, 5.74) is 20.1. The average molecular weight is 1550 g/mol. The van der Waals surface area contributed by atoms with E-state index in [2.05, 4.69) is 158 Å². The number of nitrogens with zero attached hydrogens (tertiary/aromatic N) is 6. The fourth-order valence-corrected chi connectivity index (χ4v) is 19.4. The maximum Gasteiger partial charge on any atom is 0.407 e. The van der Waals surface area contributed by atoms with Crippen LogP contribution in [0.3, 0.4) is 0 Å². The second-order valence-corrected chi connectivity index (χ2v) is 34.7. The van der Waals surface area contributed by atoms with E-state index in [4.69, 9.17) is 34.5 Å². The molecule has 0 spiro atoms. The number of carbonyl (C=O) groups excluding carboxylic acids is 5. The van der Waals surface area contributed by atoms with Crippen LogP contribution >= 0.6 is 0 Å². The molecular weight excluding hydrogens is 1440 g/mol. The minimum Gasteiger partial charge on any atom is -0.480 e. The Bertz CT molecular complexity index is 4750. The van der Waals surface area contributed by atoms with E-state index in [0.717, 1.165) is 84.7 Å². The molecule has 11 atom stereocenters. The van der Waals surface area contributed by atoms with Crippen molar-refractivity contribution < 1.29 is 48.1 Å². The van der Waals surface area contributed by atoms with E-state index in [1.165, 1.54) is 128 Å². The van der Waals surface area contributed by atoms with E-state index < -0.39 is 42.4 Å². The van der Waals surface area contributed by atoms with Gasteiger partial charge < -0.3 is 75.6 Å². The zero-order valence-corrected chi connectivity index (χ0v) is 68.2. The number of carboxylic acids is 1. The third-order valence-electron chi connectivity index (χ3n) is 25.4. The molecule has 0 radical (unpaired) electrons. The first-order valence-electron chi connectivity index (χ1n) is 41.4. The molecule has 10 N–H and O–H groups in total. The SMILES string of the molecule is COC(=O)N[C@H](C(=O)N1C[C@H](C)C[C@H]1c1ncc(-c2ccc(-c3ccc(-c4cnc([C@@H]5C[C@@H](C)CN5C(=O)[C@@H](NC(=O)OC)C(C)C)[nH]4)c4c3C3CCC4CC3)cc2)[nH]1)C(C)C.COC(=O)N[C@H](C(=O)O)C(C)C.C[C@H]1CN[C@H](c2ncc(-c3ccc(-c4ccc(-c5cnc([C@@H]6C[C@@H](C)CN6)[nH]5)c5c4C4CCC5CC4)cc3)[nH]2)C1. The van der Waals surface area contributed by atoms with Gasteiger partial charge in [0.05, 0.1) is 93.1 Å². The van der Waals surface area contributed by atoms with Crippen molar-refractivity contribution in [2.45, 2.75) is 212 Å². The van der Waals surface area contributed by atoms with Crippen molar-refractivity contribution in [2.24, 2.45) is 41.4 Å². The third kappa shape index (κ3) is 16.9. The van der Waals surface area contributed by atoms with Crippen LogP contribution < -0.4 is 26.6 Å². The maximum absolute atomic E-state index is 14.0. The molecule has 25 heteroatoms. The second kappa shape index (κ2) is 34.5. The number of alkyl carbamates (subject to hydrolysis) is 3. The van der Waals surface area contributed by atoms with Crippen molar-refractivity contribution in [1.29, 1.82) is 0 Å².